The number of aryl methyl sites for hydroxylation is 1. The Morgan fingerprint density at radius 1 is 1.35 bits per heavy atom. The Labute approximate surface area is 144 Å². The number of hydrogen-bond acceptors (Lipinski definition) is 4. The molecular weight excluding hydrogens is 378 g/mol. The molecule has 0 unspecified atom stereocenters. The van der Waals surface area contributed by atoms with Gasteiger partial charge in [0.15, 0.2) is 0 Å². The predicted molar refractivity (Wildman–Crippen MR) is 90.9 cm³/mol. The zero-order chi connectivity index (χ0) is 16.9. The van der Waals surface area contributed by atoms with E-state index in [1.54, 1.807) is 36.7 Å². The first-order valence-corrected chi connectivity index (χ1v) is 9.20. The highest BCUT2D eigenvalue weighted by molar-refractivity contribution is 9.10. The Bertz CT molecular complexity index is 817. The minimum absolute atomic E-state index is 0.134. The summed E-state index contributed by atoms with van der Waals surface area (Å²) in [7, 11) is -3.68. The van der Waals surface area contributed by atoms with Crippen LogP contribution in [0.4, 0.5) is 0 Å². The second-order valence-electron chi connectivity index (χ2n) is 5.02. The molecule has 0 amide bonds. The van der Waals surface area contributed by atoms with E-state index in [4.69, 9.17) is 5.26 Å². The Morgan fingerprint density at radius 2 is 2.13 bits per heavy atom. The highest BCUT2D eigenvalue weighted by Crippen LogP contribution is 2.23. The maximum Gasteiger partial charge on any atom is 0.243 e. The number of sulfonamides is 1. The van der Waals surface area contributed by atoms with Crippen molar-refractivity contribution in [2.45, 2.75) is 24.8 Å². The Hall–Kier alpha value is -1.75. The van der Waals surface area contributed by atoms with E-state index in [1.165, 1.54) is 4.31 Å². The van der Waals surface area contributed by atoms with Gasteiger partial charge in [-0.2, -0.15) is 9.57 Å². The average molecular weight is 394 g/mol. The fourth-order valence-corrected chi connectivity index (χ4v) is 3.84. The van der Waals surface area contributed by atoms with E-state index in [1.807, 2.05) is 19.1 Å². The van der Waals surface area contributed by atoms with Crippen LogP contribution in [0.15, 0.2) is 52.1 Å². The number of aromatic nitrogens is 1. The molecule has 120 valence electrons. The van der Waals surface area contributed by atoms with Gasteiger partial charge in [-0.15, -0.1) is 0 Å². The van der Waals surface area contributed by atoms with E-state index >= 15 is 0 Å². The molecule has 0 fully saturated rings. The number of nitrogens with zero attached hydrogens (tertiary/aromatic N) is 3. The predicted octanol–water partition coefficient (Wildman–Crippen LogP) is 3.26. The number of hydrogen-bond donors (Lipinski definition) is 0. The molecule has 1 heterocycles. The summed E-state index contributed by atoms with van der Waals surface area (Å²) in [5, 5.41) is 8.81. The van der Waals surface area contributed by atoms with Crippen LogP contribution in [0, 0.1) is 18.3 Å². The number of pyridine rings is 1. The third-order valence-electron chi connectivity index (χ3n) is 3.32. The smallest absolute Gasteiger partial charge is 0.243 e. The molecule has 0 saturated heterocycles. The zero-order valence-electron chi connectivity index (χ0n) is 12.6. The van der Waals surface area contributed by atoms with Crippen LogP contribution >= 0.6 is 15.9 Å². The van der Waals surface area contributed by atoms with E-state index in [-0.39, 0.29) is 24.4 Å². The SMILES string of the molecule is Cc1cc(S(=O)(=O)N(CCC#N)Cc2cccnc2)ccc1Br. The van der Waals surface area contributed by atoms with Crippen molar-refractivity contribution >= 4 is 26.0 Å². The molecule has 0 atom stereocenters. The first kappa shape index (κ1) is 17.6. The van der Waals surface area contributed by atoms with Crippen LogP contribution in [0.5, 0.6) is 0 Å². The molecule has 0 aliphatic rings. The van der Waals surface area contributed by atoms with Gasteiger partial charge in [0.1, 0.15) is 0 Å². The summed E-state index contributed by atoms with van der Waals surface area (Å²) in [6.45, 7) is 2.17. The van der Waals surface area contributed by atoms with Crippen molar-refractivity contribution in [1.29, 1.82) is 5.26 Å². The van der Waals surface area contributed by atoms with Crippen LogP contribution in [-0.4, -0.2) is 24.3 Å². The fourth-order valence-electron chi connectivity index (χ4n) is 2.08. The molecule has 1 aromatic carbocycles. The number of rotatable bonds is 6. The van der Waals surface area contributed by atoms with Gasteiger partial charge >= 0.3 is 0 Å². The Balaban J connectivity index is 2.36. The molecule has 2 rings (SSSR count). The number of halogens is 1. The Morgan fingerprint density at radius 3 is 2.74 bits per heavy atom. The quantitative estimate of drug-likeness (QED) is 0.754. The van der Waals surface area contributed by atoms with Crippen molar-refractivity contribution in [2.24, 2.45) is 0 Å². The van der Waals surface area contributed by atoms with Crippen LogP contribution < -0.4 is 0 Å². The second kappa shape index (κ2) is 7.68. The van der Waals surface area contributed by atoms with Crippen molar-refractivity contribution < 1.29 is 8.42 Å². The summed E-state index contributed by atoms with van der Waals surface area (Å²) in [5.74, 6) is 0. The molecular formula is C16H16BrN3O2S. The van der Waals surface area contributed by atoms with E-state index < -0.39 is 10.0 Å². The second-order valence-corrected chi connectivity index (χ2v) is 7.81. The normalized spacial score (nSPS) is 11.4. The third-order valence-corrected chi connectivity index (χ3v) is 6.05. The summed E-state index contributed by atoms with van der Waals surface area (Å²) in [4.78, 5) is 4.23. The number of benzene rings is 1. The minimum Gasteiger partial charge on any atom is -0.264 e. The average Bonchev–Trinajstić information content (AvgIpc) is 2.54. The molecule has 2 aromatic rings. The molecule has 0 spiro atoms. The highest BCUT2D eigenvalue weighted by atomic mass is 79.9. The molecule has 0 aliphatic heterocycles. The lowest BCUT2D eigenvalue weighted by atomic mass is 10.2. The van der Waals surface area contributed by atoms with Gasteiger partial charge in [0.25, 0.3) is 0 Å². The summed E-state index contributed by atoms with van der Waals surface area (Å²) >= 11 is 3.37. The molecule has 7 heteroatoms. The first-order chi connectivity index (χ1) is 10.9. The molecule has 0 bridgehead atoms. The highest BCUT2D eigenvalue weighted by Gasteiger charge is 2.24. The molecule has 0 radical (unpaired) electrons. The van der Waals surface area contributed by atoms with E-state index in [9.17, 15) is 8.42 Å². The molecule has 0 N–H and O–H groups in total. The van der Waals surface area contributed by atoms with Gasteiger partial charge in [-0.1, -0.05) is 22.0 Å². The van der Waals surface area contributed by atoms with Crippen molar-refractivity contribution in [3.05, 3.63) is 58.3 Å². The van der Waals surface area contributed by atoms with Crippen LogP contribution in [0.3, 0.4) is 0 Å². The molecule has 1 aromatic heterocycles. The fraction of sp³-hybridized carbons (Fsp3) is 0.250. The van der Waals surface area contributed by atoms with Gasteiger partial charge in [0.2, 0.25) is 10.0 Å². The topological polar surface area (TPSA) is 74.1 Å². The number of nitriles is 1. The van der Waals surface area contributed by atoms with E-state index in [0.29, 0.717) is 0 Å². The lowest BCUT2D eigenvalue weighted by molar-refractivity contribution is 0.413. The standard InChI is InChI=1S/C16H16BrN3O2S/c1-13-10-15(5-6-16(13)17)23(21,22)20(9-3-7-18)12-14-4-2-8-19-11-14/h2,4-6,8,10-11H,3,9,12H2,1H3. The molecule has 0 saturated carbocycles. The largest absolute Gasteiger partial charge is 0.264 e. The molecule has 0 aliphatic carbocycles. The third kappa shape index (κ3) is 4.38. The van der Waals surface area contributed by atoms with E-state index in [2.05, 4.69) is 20.9 Å². The van der Waals surface area contributed by atoms with Crippen molar-refractivity contribution in [1.82, 2.24) is 9.29 Å². The van der Waals surface area contributed by atoms with Crippen LogP contribution in [0.2, 0.25) is 0 Å². The van der Waals surface area contributed by atoms with E-state index in [0.717, 1.165) is 15.6 Å². The summed E-state index contributed by atoms with van der Waals surface area (Å²) in [6.07, 6.45) is 3.40. The van der Waals surface area contributed by atoms with Crippen molar-refractivity contribution in [2.75, 3.05) is 6.54 Å². The first-order valence-electron chi connectivity index (χ1n) is 6.97. The maximum absolute atomic E-state index is 12.9. The zero-order valence-corrected chi connectivity index (χ0v) is 15.0. The van der Waals surface area contributed by atoms with Crippen LogP contribution in [0.1, 0.15) is 17.5 Å². The van der Waals surface area contributed by atoms with Crippen molar-refractivity contribution in [3.8, 4) is 6.07 Å². The molecule has 5 nitrogen and oxygen atoms in total. The van der Waals surface area contributed by atoms with Gasteiger partial charge in [0.05, 0.1) is 11.0 Å². The summed E-state index contributed by atoms with van der Waals surface area (Å²) < 4.78 is 27.9. The van der Waals surface area contributed by atoms with Crippen LogP contribution in [0.25, 0.3) is 0 Å². The Kier molecular flexibility index (Phi) is 5.88. The molecule has 23 heavy (non-hydrogen) atoms. The lowest BCUT2D eigenvalue weighted by Crippen LogP contribution is -2.31. The van der Waals surface area contributed by atoms with Crippen molar-refractivity contribution in [3.63, 3.8) is 0 Å². The van der Waals surface area contributed by atoms with Gasteiger partial charge in [0, 0.05) is 36.4 Å². The van der Waals surface area contributed by atoms with Gasteiger partial charge in [-0.25, -0.2) is 8.42 Å². The van der Waals surface area contributed by atoms with Gasteiger partial charge in [-0.05, 0) is 42.3 Å². The van der Waals surface area contributed by atoms with Crippen LogP contribution in [-0.2, 0) is 16.6 Å². The van der Waals surface area contributed by atoms with Gasteiger partial charge < -0.3 is 0 Å². The lowest BCUT2D eigenvalue weighted by Gasteiger charge is -2.21. The summed E-state index contributed by atoms with van der Waals surface area (Å²) in [6, 6.07) is 10.5. The van der Waals surface area contributed by atoms with Gasteiger partial charge in [-0.3, -0.25) is 4.98 Å². The summed E-state index contributed by atoms with van der Waals surface area (Å²) in [5.41, 5.74) is 1.62. The minimum atomic E-state index is -3.68. The monoisotopic (exact) mass is 393 g/mol. The maximum atomic E-state index is 12.9.